The van der Waals surface area contributed by atoms with Crippen LogP contribution in [0.15, 0.2) is 36.5 Å². The summed E-state index contributed by atoms with van der Waals surface area (Å²) in [5, 5.41) is 5.90. The molecule has 0 saturated heterocycles. The van der Waals surface area contributed by atoms with E-state index in [0.29, 0.717) is 0 Å². The van der Waals surface area contributed by atoms with Crippen molar-refractivity contribution in [3.63, 3.8) is 0 Å². The lowest BCUT2D eigenvalue weighted by atomic mass is 10.3. The number of aryl methyl sites for hydroxylation is 2. The van der Waals surface area contributed by atoms with Gasteiger partial charge in [-0.1, -0.05) is 25.1 Å². The lowest BCUT2D eigenvalue weighted by molar-refractivity contribution is 0.857. The zero-order valence-corrected chi connectivity index (χ0v) is 13.2. The molecule has 2 heterocycles. The van der Waals surface area contributed by atoms with Gasteiger partial charge in [0, 0.05) is 6.20 Å². The lowest BCUT2D eigenvalue weighted by Crippen LogP contribution is -2.00. The highest BCUT2D eigenvalue weighted by Gasteiger charge is 2.17. The van der Waals surface area contributed by atoms with Crippen LogP contribution in [0.3, 0.4) is 0 Å². The van der Waals surface area contributed by atoms with Gasteiger partial charge < -0.3 is 0 Å². The molecule has 3 aromatic rings. The van der Waals surface area contributed by atoms with Gasteiger partial charge in [0.25, 0.3) is 0 Å². The van der Waals surface area contributed by atoms with Gasteiger partial charge in [-0.05, 0) is 25.5 Å². The molecule has 0 fully saturated rings. The molecule has 2 aromatic heterocycles. The number of aromatic nitrogens is 4. The van der Waals surface area contributed by atoms with Crippen LogP contribution >= 0.6 is 7.55 Å². The molecule has 1 atom stereocenters. The largest absolute Gasteiger partial charge is 0.255 e. The Morgan fingerprint density at radius 2 is 2.00 bits per heavy atom. The van der Waals surface area contributed by atoms with E-state index in [1.165, 1.54) is 5.30 Å². The molecule has 0 aliphatic heterocycles. The van der Waals surface area contributed by atoms with Crippen molar-refractivity contribution in [2.24, 2.45) is 0 Å². The highest BCUT2D eigenvalue weighted by Crippen LogP contribution is 2.24. The minimum absolute atomic E-state index is 0.521. The lowest BCUT2D eigenvalue weighted by Gasteiger charge is -2.00. The maximum atomic E-state index is 4.68. The number of hydrogen-bond acceptors (Lipinski definition) is 3. The number of benzene rings is 1. The molecule has 0 N–H and O–H groups in total. The fraction of sp³-hybridized carbons (Fsp3) is 0.250. The molecule has 0 aliphatic rings. The summed E-state index contributed by atoms with van der Waals surface area (Å²) in [7, 11) is -0.521. The Kier molecular flexibility index (Phi) is 3.80. The molecule has 3 rings (SSSR count). The smallest absolute Gasteiger partial charge is 0.196 e. The summed E-state index contributed by atoms with van der Waals surface area (Å²) < 4.78 is 1.90. The van der Waals surface area contributed by atoms with E-state index in [2.05, 4.69) is 52.6 Å². The average molecular weight is 297 g/mol. The predicted octanol–water partition coefficient (Wildman–Crippen LogP) is 2.73. The second-order valence-electron chi connectivity index (χ2n) is 5.00. The van der Waals surface area contributed by atoms with Gasteiger partial charge in [0.1, 0.15) is 12.8 Å². The van der Waals surface area contributed by atoms with Crippen LogP contribution in [-0.4, -0.2) is 25.9 Å². The van der Waals surface area contributed by atoms with Gasteiger partial charge in [-0.25, -0.2) is 9.50 Å². The summed E-state index contributed by atoms with van der Waals surface area (Å²) in [6.45, 7) is 4.09. The highest BCUT2D eigenvalue weighted by molar-refractivity contribution is 7.62. The summed E-state index contributed by atoms with van der Waals surface area (Å²) in [6, 6.07) is 10.4. The molecule has 0 spiro atoms. The van der Waals surface area contributed by atoms with Gasteiger partial charge in [0.15, 0.2) is 17.6 Å². The zero-order valence-electron chi connectivity index (χ0n) is 12.3. The molecule has 0 bridgehead atoms. The molecule has 0 amide bonds. The first-order valence-corrected chi connectivity index (χ1v) is 8.73. The molecule has 4 nitrogen and oxygen atoms in total. The number of nitrogens with zero attached hydrogens (tertiary/aromatic N) is 4. The van der Waals surface area contributed by atoms with Crippen molar-refractivity contribution in [2.75, 3.05) is 0 Å². The number of fused-ring (bicyclic) bond motifs is 1. The normalized spacial score (nSPS) is 11.8. The van der Waals surface area contributed by atoms with Crippen molar-refractivity contribution in [3.05, 3.63) is 53.7 Å². The van der Waals surface area contributed by atoms with E-state index in [9.17, 15) is 0 Å². The number of rotatable bonds is 4. The van der Waals surface area contributed by atoms with Crippen molar-refractivity contribution >= 4 is 24.8 Å². The third kappa shape index (κ3) is 2.72. The minimum atomic E-state index is -0.521. The first-order chi connectivity index (χ1) is 10.2. The van der Waals surface area contributed by atoms with Crippen molar-refractivity contribution in [2.45, 2.75) is 26.4 Å². The highest BCUT2D eigenvalue weighted by atomic mass is 31.1. The van der Waals surface area contributed by atoms with Crippen molar-refractivity contribution in [3.8, 4) is 0 Å². The van der Waals surface area contributed by atoms with E-state index in [1.54, 1.807) is 0 Å². The first kappa shape index (κ1) is 13.9. The van der Waals surface area contributed by atoms with Crippen LogP contribution in [0.2, 0.25) is 0 Å². The van der Waals surface area contributed by atoms with Gasteiger partial charge in [-0.15, -0.1) is 5.10 Å². The van der Waals surface area contributed by atoms with Crippen LogP contribution in [0.1, 0.15) is 24.1 Å². The summed E-state index contributed by atoms with van der Waals surface area (Å²) in [5.74, 6) is 0.853. The van der Waals surface area contributed by atoms with Crippen LogP contribution < -0.4 is 5.30 Å². The third-order valence-corrected chi connectivity index (χ3v) is 5.13. The Hall–Kier alpha value is -2.06. The van der Waals surface area contributed by atoms with Gasteiger partial charge in [0.2, 0.25) is 0 Å². The SMILES string of the molecule is C=[P+](Cc1nc2c(CC)ncc(C)n2n1)c1ccccc1. The van der Waals surface area contributed by atoms with Crippen LogP contribution in [0.4, 0.5) is 0 Å². The quantitative estimate of drug-likeness (QED) is 0.695. The molecule has 0 radical (unpaired) electrons. The van der Waals surface area contributed by atoms with E-state index in [-0.39, 0.29) is 0 Å². The Bertz CT molecular complexity index is 793. The molecule has 5 heteroatoms. The maximum absolute atomic E-state index is 4.68. The molecule has 21 heavy (non-hydrogen) atoms. The second-order valence-corrected chi connectivity index (χ2v) is 6.91. The average Bonchev–Trinajstić information content (AvgIpc) is 2.93. The molecule has 0 saturated carbocycles. The Morgan fingerprint density at radius 1 is 1.24 bits per heavy atom. The predicted molar refractivity (Wildman–Crippen MR) is 88.7 cm³/mol. The van der Waals surface area contributed by atoms with Crippen LogP contribution in [0, 0.1) is 6.92 Å². The van der Waals surface area contributed by atoms with Crippen LogP contribution in [0.5, 0.6) is 0 Å². The van der Waals surface area contributed by atoms with Gasteiger partial charge in [-0.3, -0.25) is 4.98 Å². The van der Waals surface area contributed by atoms with Crippen molar-refractivity contribution < 1.29 is 0 Å². The summed E-state index contributed by atoms with van der Waals surface area (Å²) >= 11 is 0. The Labute approximate surface area is 125 Å². The van der Waals surface area contributed by atoms with Gasteiger partial charge >= 0.3 is 0 Å². The van der Waals surface area contributed by atoms with E-state index >= 15 is 0 Å². The summed E-state index contributed by atoms with van der Waals surface area (Å²) in [4.78, 5) is 9.12. The van der Waals surface area contributed by atoms with E-state index in [0.717, 1.165) is 35.4 Å². The van der Waals surface area contributed by atoms with E-state index in [4.69, 9.17) is 0 Å². The molecular weight excluding hydrogens is 279 g/mol. The van der Waals surface area contributed by atoms with Crippen molar-refractivity contribution in [1.82, 2.24) is 19.6 Å². The standard InChI is InChI=1S/C16H18N4P/c1-4-14-16-18-15(19-20(16)12(2)10-17-14)11-21(3)13-8-6-5-7-9-13/h5-10H,3-4,11H2,1-2H3/q+1. The fourth-order valence-corrected chi connectivity index (χ4v) is 3.54. The van der Waals surface area contributed by atoms with Gasteiger partial charge in [0.05, 0.1) is 17.7 Å². The monoisotopic (exact) mass is 297 g/mol. The fourth-order valence-electron chi connectivity index (χ4n) is 2.29. The van der Waals surface area contributed by atoms with E-state index < -0.39 is 7.55 Å². The minimum Gasteiger partial charge on any atom is -0.255 e. The first-order valence-electron chi connectivity index (χ1n) is 7.02. The van der Waals surface area contributed by atoms with Gasteiger partial charge in [-0.2, -0.15) is 0 Å². The zero-order chi connectivity index (χ0) is 14.8. The van der Waals surface area contributed by atoms with Crippen LogP contribution in [-0.2, 0) is 12.6 Å². The van der Waals surface area contributed by atoms with Crippen molar-refractivity contribution in [1.29, 1.82) is 0 Å². The molecule has 0 aliphatic carbocycles. The third-order valence-electron chi connectivity index (χ3n) is 3.44. The topological polar surface area (TPSA) is 43.1 Å². The molecule has 1 aromatic carbocycles. The van der Waals surface area contributed by atoms with E-state index in [1.807, 2.05) is 23.7 Å². The molecular formula is C16H18N4P+. The second kappa shape index (κ2) is 5.74. The van der Waals surface area contributed by atoms with Crippen LogP contribution in [0.25, 0.3) is 5.65 Å². The Balaban J connectivity index is 1.95. The molecule has 1 unspecified atom stereocenters. The number of hydrogen-bond donors (Lipinski definition) is 0. The summed E-state index contributed by atoms with van der Waals surface area (Å²) in [6.07, 6.45) is 7.81. The maximum Gasteiger partial charge on any atom is 0.196 e. The summed E-state index contributed by atoms with van der Waals surface area (Å²) in [5.41, 5.74) is 2.88. The molecule has 106 valence electrons. The Morgan fingerprint density at radius 3 is 2.71 bits per heavy atom.